The van der Waals surface area contributed by atoms with Crippen LogP contribution in [0.5, 0.6) is 5.75 Å². The molecule has 0 amide bonds. The van der Waals surface area contributed by atoms with Crippen LogP contribution >= 0.6 is 11.3 Å². The normalized spacial score (nSPS) is 11.7. The molecule has 0 radical (unpaired) electrons. The summed E-state index contributed by atoms with van der Waals surface area (Å²) in [6, 6.07) is 11.9. The minimum absolute atomic E-state index is 0.559. The third kappa shape index (κ3) is 4.55. The number of hydrogen-bond acceptors (Lipinski definition) is 6. The lowest BCUT2D eigenvalue weighted by Gasteiger charge is -2.04. The maximum absolute atomic E-state index is 5.63. The van der Waals surface area contributed by atoms with Gasteiger partial charge in [-0.3, -0.25) is 0 Å². The standard InChI is InChI=1S/C19H21N3O2S/c1-23-16-8-4-6-14(13-16)12-15(7-2-3-10-20)19-21-18(22-24-19)17-9-5-11-25-17/h4-6,8-9,11-13H,2-3,7,10,20H2,1H3/b15-12+. The third-order valence-electron chi connectivity index (χ3n) is 3.78. The van der Waals surface area contributed by atoms with Crippen LogP contribution in [0.4, 0.5) is 0 Å². The highest BCUT2D eigenvalue weighted by atomic mass is 32.1. The highest BCUT2D eigenvalue weighted by Crippen LogP contribution is 2.27. The molecule has 0 aliphatic heterocycles. The number of methoxy groups -OCH3 is 1. The predicted octanol–water partition coefficient (Wildman–Crippen LogP) is 4.48. The Balaban J connectivity index is 1.89. The second-order valence-corrected chi connectivity index (χ2v) is 6.54. The van der Waals surface area contributed by atoms with E-state index in [1.807, 2.05) is 41.8 Å². The number of nitrogens with zero attached hydrogens (tertiary/aromatic N) is 2. The Kier molecular flexibility index (Phi) is 5.98. The topological polar surface area (TPSA) is 74.2 Å². The van der Waals surface area contributed by atoms with Gasteiger partial charge in [-0.15, -0.1) is 11.3 Å². The number of rotatable bonds is 8. The van der Waals surface area contributed by atoms with Gasteiger partial charge in [-0.1, -0.05) is 23.4 Å². The molecular formula is C19H21N3O2S. The van der Waals surface area contributed by atoms with Crippen LogP contribution in [0.1, 0.15) is 30.7 Å². The van der Waals surface area contributed by atoms with Crippen molar-refractivity contribution in [3.05, 3.63) is 53.2 Å². The molecule has 1 aromatic carbocycles. The Morgan fingerprint density at radius 3 is 2.96 bits per heavy atom. The number of nitrogens with two attached hydrogens (primary N) is 1. The van der Waals surface area contributed by atoms with E-state index in [0.717, 1.165) is 41.0 Å². The van der Waals surface area contributed by atoms with E-state index >= 15 is 0 Å². The Hall–Kier alpha value is -2.44. The van der Waals surface area contributed by atoms with Crippen LogP contribution < -0.4 is 10.5 Å². The summed E-state index contributed by atoms with van der Waals surface area (Å²) >= 11 is 1.59. The zero-order chi connectivity index (χ0) is 17.5. The van der Waals surface area contributed by atoms with Crippen molar-refractivity contribution in [2.24, 2.45) is 5.73 Å². The predicted molar refractivity (Wildman–Crippen MR) is 101 cm³/mol. The van der Waals surface area contributed by atoms with Crippen LogP contribution in [-0.4, -0.2) is 23.8 Å². The van der Waals surface area contributed by atoms with Crippen LogP contribution in [0.3, 0.4) is 0 Å². The molecule has 0 aliphatic carbocycles. The van der Waals surface area contributed by atoms with Crippen molar-refractivity contribution < 1.29 is 9.26 Å². The summed E-state index contributed by atoms with van der Waals surface area (Å²) in [6.45, 7) is 0.677. The molecule has 3 rings (SSSR count). The van der Waals surface area contributed by atoms with Gasteiger partial charge in [0.15, 0.2) is 0 Å². The molecule has 0 saturated heterocycles. The molecule has 0 aliphatic rings. The van der Waals surface area contributed by atoms with Gasteiger partial charge in [0.05, 0.1) is 12.0 Å². The van der Waals surface area contributed by atoms with E-state index in [4.69, 9.17) is 15.0 Å². The van der Waals surface area contributed by atoms with Crippen molar-refractivity contribution in [3.8, 4) is 16.5 Å². The van der Waals surface area contributed by atoms with Crippen LogP contribution in [0.15, 0.2) is 46.3 Å². The SMILES string of the molecule is COc1cccc(/C=C(\CCCCN)c2nc(-c3cccs3)no2)c1. The average molecular weight is 355 g/mol. The van der Waals surface area contributed by atoms with Gasteiger partial charge in [0.2, 0.25) is 5.82 Å². The van der Waals surface area contributed by atoms with Crippen LogP contribution in [0, 0.1) is 0 Å². The molecule has 25 heavy (non-hydrogen) atoms. The minimum Gasteiger partial charge on any atom is -0.497 e. The fourth-order valence-corrected chi connectivity index (χ4v) is 3.14. The minimum atomic E-state index is 0.559. The monoisotopic (exact) mass is 355 g/mol. The van der Waals surface area contributed by atoms with Gasteiger partial charge in [0.25, 0.3) is 5.89 Å². The lowest BCUT2D eigenvalue weighted by molar-refractivity contribution is 0.407. The first-order valence-corrected chi connectivity index (χ1v) is 9.11. The number of ether oxygens (including phenoxy) is 1. The smallest absolute Gasteiger partial charge is 0.254 e. The van der Waals surface area contributed by atoms with Gasteiger partial charge in [-0.05, 0) is 61.0 Å². The molecule has 130 valence electrons. The van der Waals surface area contributed by atoms with Gasteiger partial charge in [0, 0.05) is 5.57 Å². The third-order valence-corrected chi connectivity index (χ3v) is 4.64. The van der Waals surface area contributed by atoms with Crippen molar-refractivity contribution in [2.45, 2.75) is 19.3 Å². The largest absolute Gasteiger partial charge is 0.497 e. The van der Waals surface area contributed by atoms with Crippen molar-refractivity contribution in [1.82, 2.24) is 10.1 Å². The highest BCUT2D eigenvalue weighted by molar-refractivity contribution is 7.13. The molecule has 3 aromatic rings. The molecule has 2 aromatic heterocycles. The maximum Gasteiger partial charge on any atom is 0.254 e. The van der Waals surface area contributed by atoms with Crippen molar-refractivity contribution >= 4 is 23.0 Å². The molecule has 0 bridgehead atoms. The second-order valence-electron chi connectivity index (χ2n) is 5.59. The fourth-order valence-electron chi connectivity index (χ4n) is 2.49. The number of aromatic nitrogens is 2. The van der Waals surface area contributed by atoms with E-state index in [1.54, 1.807) is 18.4 Å². The Labute approximate surface area is 151 Å². The van der Waals surface area contributed by atoms with Gasteiger partial charge >= 0.3 is 0 Å². The molecule has 5 nitrogen and oxygen atoms in total. The summed E-state index contributed by atoms with van der Waals surface area (Å²) < 4.78 is 10.8. The quantitative estimate of drug-likeness (QED) is 0.603. The van der Waals surface area contributed by atoms with E-state index in [1.165, 1.54) is 0 Å². The van der Waals surface area contributed by atoms with Gasteiger partial charge in [-0.25, -0.2) is 0 Å². The summed E-state index contributed by atoms with van der Waals surface area (Å²) in [5, 5.41) is 6.12. The lowest BCUT2D eigenvalue weighted by Crippen LogP contribution is -1.98. The lowest BCUT2D eigenvalue weighted by atomic mass is 10.0. The Morgan fingerprint density at radius 1 is 1.28 bits per heavy atom. The van der Waals surface area contributed by atoms with E-state index in [-0.39, 0.29) is 0 Å². The van der Waals surface area contributed by atoms with E-state index in [2.05, 4.69) is 16.2 Å². The zero-order valence-electron chi connectivity index (χ0n) is 14.1. The highest BCUT2D eigenvalue weighted by Gasteiger charge is 2.13. The molecule has 0 unspecified atom stereocenters. The molecule has 2 heterocycles. The summed E-state index contributed by atoms with van der Waals surface area (Å²) in [6.07, 6.45) is 4.84. The van der Waals surface area contributed by atoms with Gasteiger partial charge in [-0.2, -0.15) is 4.98 Å². The average Bonchev–Trinajstić information content (AvgIpc) is 3.32. The summed E-state index contributed by atoms with van der Waals surface area (Å²) in [4.78, 5) is 5.57. The summed E-state index contributed by atoms with van der Waals surface area (Å²) in [5.41, 5.74) is 7.68. The fraction of sp³-hybridized carbons (Fsp3) is 0.263. The van der Waals surface area contributed by atoms with Crippen molar-refractivity contribution in [1.29, 1.82) is 0 Å². The van der Waals surface area contributed by atoms with Crippen LogP contribution in [0.25, 0.3) is 22.4 Å². The number of thiophene rings is 1. The van der Waals surface area contributed by atoms with E-state index in [0.29, 0.717) is 18.3 Å². The summed E-state index contributed by atoms with van der Waals surface area (Å²) in [5.74, 6) is 2.00. The van der Waals surface area contributed by atoms with Gasteiger partial charge in [0.1, 0.15) is 5.75 Å². The number of allylic oxidation sites excluding steroid dienone is 1. The summed E-state index contributed by atoms with van der Waals surface area (Å²) in [7, 11) is 1.66. The Bertz CT molecular complexity index is 825. The molecule has 0 fully saturated rings. The second kappa shape index (κ2) is 8.60. The first kappa shape index (κ1) is 17.4. The van der Waals surface area contributed by atoms with E-state index < -0.39 is 0 Å². The van der Waals surface area contributed by atoms with Gasteiger partial charge < -0.3 is 15.0 Å². The number of benzene rings is 1. The van der Waals surface area contributed by atoms with Crippen molar-refractivity contribution in [3.63, 3.8) is 0 Å². The zero-order valence-corrected chi connectivity index (χ0v) is 15.0. The van der Waals surface area contributed by atoms with E-state index in [9.17, 15) is 0 Å². The molecule has 6 heteroatoms. The van der Waals surface area contributed by atoms with Crippen molar-refractivity contribution in [2.75, 3.05) is 13.7 Å². The first-order valence-electron chi connectivity index (χ1n) is 8.23. The molecular weight excluding hydrogens is 334 g/mol. The maximum atomic E-state index is 5.63. The molecule has 0 spiro atoms. The van der Waals surface area contributed by atoms with Crippen LogP contribution in [0.2, 0.25) is 0 Å². The number of unbranched alkanes of at least 4 members (excludes halogenated alkanes) is 1. The molecule has 0 atom stereocenters. The van der Waals surface area contributed by atoms with Crippen LogP contribution in [-0.2, 0) is 0 Å². The Morgan fingerprint density at radius 2 is 2.20 bits per heavy atom. The number of hydrogen-bond donors (Lipinski definition) is 1. The first-order chi connectivity index (χ1) is 12.3. The molecule has 0 saturated carbocycles. The molecule has 2 N–H and O–H groups in total.